The van der Waals surface area contributed by atoms with Crippen molar-refractivity contribution in [2.75, 3.05) is 0 Å². The van der Waals surface area contributed by atoms with E-state index in [1.807, 2.05) is 19.1 Å². The monoisotopic (exact) mass is 199 g/mol. The summed E-state index contributed by atoms with van der Waals surface area (Å²) in [5.41, 5.74) is 3.29. The molecule has 0 aliphatic carbocycles. The van der Waals surface area contributed by atoms with Gasteiger partial charge >= 0.3 is 0 Å². The molecule has 0 radical (unpaired) electrons. The molecule has 0 atom stereocenters. The molecule has 1 aromatic carbocycles. The Morgan fingerprint density at radius 1 is 1.20 bits per heavy atom. The van der Waals surface area contributed by atoms with Gasteiger partial charge in [0.05, 0.1) is 5.69 Å². The molecule has 0 fully saturated rings. The SMILES string of the molecule is BCc1oc(-c2ccc(C)cc2)nc1C. The normalized spacial score (nSPS) is 10.5. The summed E-state index contributed by atoms with van der Waals surface area (Å²) in [5.74, 6) is 1.70. The zero-order valence-corrected chi connectivity index (χ0v) is 9.37. The number of nitrogens with zero attached hydrogens (tertiary/aromatic N) is 1. The number of hydrogen-bond donors (Lipinski definition) is 0. The first-order valence-corrected chi connectivity index (χ1v) is 5.24. The summed E-state index contributed by atoms with van der Waals surface area (Å²) in [4.78, 5) is 4.41. The topological polar surface area (TPSA) is 26.0 Å². The van der Waals surface area contributed by atoms with Crippen molar-refractivity contribution in [1.29, 1.82) is 0 Å². The zero-order chi connectivity index (χ0) is 10.8. The maximum absolute atomic E-state index is 5.68. The molecule has 0 amide bonds. The van der Waals surface area contributed by atoms with Gasteiger partial charge in [-0.2, -0.15) is 0 Å². The predicted molar refractivity (Wildman–Crippen MR) is 63.7 cm³/mol. The van der Waals surface area contributed by atoms with E-state index < -0.39 is 0 Å². The van der Waals surface area contributed by atoms with Crippen molar-refractivity contribution in [1.82, 2.24) is 4.98 Å². The summed E-state index contributed by atoms with van der Waals surface area (Å²) in [6.45, 7) is 4.06. The molecular formula is C12H14BNO. The number of aryl methyl sites for hydroxylation is 2. The largest absolute Gasteiger partial charge is 0.442 e. The van der Waals surface area contributed by atoms with Crippen LogP contribution in [-0.4, -0.2) is 12.8 Å². The van der Waals surface area contributed by atoms with Gasteiger partial charge in [-0.1, -0.05) is 17.7 Å². The Hall–Kier alpha value is -1.51. The first-order valence-electron chi connectivity index (χ1n) is 5.24. The summed E-state index contributed by atoms with van der Waals surface area (Å²) >= 11 is 0. The summed E-state index contributed by atoms with van der Waals surface area (Å²) < 4.78 is 5.68. The number of rotatable bonds is 2. The molecule has 2 nitrogen and oxygen atoms in total. The van der Waals surface area contributed by atoms with Gasteiger partial charge in [-0.3, -0.25) is 0 Å². The average Bonchev–Trinajstić information content (AvgIpc) is 2.61. The second kappa shape index (κ2) is 3.93. The molecule has 0 bridgehead atoms. The van der Waals surface area contributed by atoms with Crippen LogP contribution in [-0.2, 0) is 6.32 Å². The van der Waals surface area contributed by atoms with E-state index in [1.54, 1.807) is 0 Å². The van der Waals surface area contributed by atoms with E-state index in [0.29, 0.717) is 0 Å². The van der Waals surface area contributed by atoms with Crippen LogP contribution in [0.25, 0.3) is 11.5 Å². The maximum atomic E-state index is 5.68. The highest BCUT2D eigenvalue weighted by molar-refractivity contribution is 6.08. The van der Waals surface area contributed by atoms with Gasteiger partial charge in [0.2, 0.25) is 5.89 Å². The van der Waals surface area contributed by atoms with Crippen LogP contribution in [0, 0.1) is 13.8 Å². The lowest BCUT2D eigenvalue weighted by Crippen LogP contribution is -1.82. The number of aromatic nitrogens is 1. The lowest BCUT2D eigenvalue weighted by atomic mass is 10.0. The van der Waals surface area contributed by atoms with Crippen LogP contribution in [0.4, 0.5) is 0 Å². The van der Waals surface area contributed by atoms with Crippen molar-refractivity contribution in [3.05, 3.63) is 41.3 Å². The molecule has 0 aliphatic heterocycles. The second-order valence-corrected chi connectivity index (χ2v) is 3.75. The predicted octanol–water partition coefficient (Wildman–Crippen LogP) is 2.09. The third kappa shape index (κ3) is 1.96. The van der Waals surface area contributed by atoms with Crippen molar-refractivity contribution in [3.63, 3.8) is 0 Å². The molecule has 2 rings (SSSR count). The molecule has 0 saturated heterocycles. The quantitative estimate of drug-likeness (QED) is 0.692. The van der Waals surface area contributed by atoms with Crippen molar-refractivity contribution in [2.45, 2.75) is 20.2 Å². The minimum Gasteiger partial charge on any atom is -0.442 e. The molecule has 0 unspecified atom stereocenters. The molecule has 0 N–H and O–H groups in total. The Morgan fingerprint density at radius 2 is 1.87 bits per heavy atom. The highest BCUT2D eigenvalue weighted by atomic mass is 16.4. The van der Waals surface area contributed by atoms with Gasteiger partial charge in [0.15, 0.2) is 0 Å². The summed E-state index contributed by atoms with van der Waals surface area (Å²) in [6.07, 6.45) is 0.894. The van der Waals surface area contributed by atoms with Crippen molar-refractivity contribution in [2.24, 2.45) is 0 Å². The molecule has 0 aliphatic rings. The first-order chi connectivity index (χ1) is 7.20. The van der Waals surface area contributed by atoms with Crippen molar-refractivity contribution in [3.8, 4) is 11.5 Å². The molecule has 76 valence electrons. The summed E-state index contributed by atoms with van der Waals surface area (Å²) in [5, 5.41) is 0. The fourth-order valence-electron chi connectivity index (χ4n) is 1.58. The van der Waals surface area contributed by atoms with Crippen molar-refractivity contribution >= 4 is 7.85 Å². The second-order valence-electron chi connectivity index (χ2n) is 3.75. The summed E-state index contributed by atoms with van der Waals surface area (Å²) in [7, 11) is 2.08. The highest BCUT2D eigenvalue weighted by Crippen LogP contribution is 2.21. The third-order valence-corrected chi connectivity index (χ3v) is 2.51. The van der Waals surface area contributed by atoms with Gasteiger partial charge in [0, 0.05) is 5.56 Å². The van der Waals surface area contributed by atoms with Crippen LogP contribution >= 0.6 is 0 Å². The van der Waals surface area contributed by atoms with Crippen LogP contribution in [0.1, 0.15) is 17.0 Å². The van der Waals surface area contributed by atoms with Gasteiger partial charge in [-0.05, 0) is 32.3 Å². The standard InChI is InChI=1S/C12H14BNO/c1-8-3-5-10(6-4-8)12-14-9(2)11(7-13)15-12/h3-6H,7,13H2,1-2H3. The molecule has 15 heavy (non-hydrogen) atoms. The van der Waals surface area contributed by atoms with Gasteiger partial charge in [-0.25, -0.2) is 4.98 Å². The van der Waals surface area contributed by atoms with Gasteiger partial charge < -0.3 is 4.42 Å². The van der Waals surface area contributed by atoms with E-state index in [9.17, 15) is 0 Å². The molecular weight excluding hydrogens is 185 g/mol. The molecule has 1 heterocycles. The minimum absolute atomic E-state index is 0.726. The van der Waals surface area contributed by atoms with Crippen LogP contribution in [0.15, 0.2) is 28.7 Å². The molecule has 0 saturated carbocycles. The lowest BCUT2D eigenvalue weighted by Gasteiger charge is -1.95. The Balaban J connectivity index is 2.41. The fourth-order valence-corrected chi connectivity index (χ4v) is 1.58. The lowest BCUT2D eigenvalue weighted by molar-refractivity contribution is 0.535. The van der Waals surface area contributed by atoms with Crippen molar-refractivity contribution < 1.29 is 4.42 Å². The molecule has 2 aromatic rings. The van der Waals surface area contributed by atoms with Crippen LogP contribution < -0.4 is 0 Å². The Bertz CT molecular complexity index is 459. The number of benzene rings is 1. The average molecular weight is 199 g/mol. The number of hydrogen-bond acceptors (Lipinski definition) is 2. The zero-order valence-electron chi connectivity index (χ0n) is 9.37. The third-order valence-electron chi connectivity index (χ3n) is 2.51. The molecule has 3 heteroatoms. The van der Waals surface area contributed by atoms with E-state index in [-0.39, 0.29) is 0 Å². The Kier molecular flexibility index (Phi) is 2.63. The Labute approximate surface area is 90.7 Å². The molecule has 1 aromatic heterocycles. The van der Waals surface area contributed by atoms with E-state index in [0.717, 1.165) is 29.2 Å². The number of oxazole rings is 1. The van der Waals surface area contributed by atoms with E-state index in [1.165, 1.54) is 5.56 Å². The summed E-state index contributed by atoms with van der Waals surface area (Å²) in [6, 6.07) is 8.22. The van der Waals surface area contributed by atoms with E-state index >= 15 is 0 Å². The van der Waals surface area contributed by atoms with Crippen LogP contribution in [0.3, 0.4) is 0 Å². The van der Waals surface area contributed by atoms with Gasteiger partial charge in [-0.15, -0.1) is 0 Å². The molecule has 0 spiro atoms. The highest BCUT2D eigenvalue weighted by Gasteiger charge is 2.08. The van der Waals surface area contributed by atoms with E-state index in [4.69, 9.17) is 4.42 Å². The minimum atomic E-state index is 0.726. The fraction of sp³-hybridized carbons (Fsp3) is 0.250. The van der Waals surface area contributed by atoms with Crippen LogP contribution in [0.2, 0.25) is 0 Å². The smallest absolute Gasteiger partial charge is 0.226 e. The Morgan fingerprint density at radius 3 is 2.40 bits per heavy atom. The first kappa shape index (κ1) is 10.0. The maximum Gasteiger partial charge on any atom is 0.226 e. The van der Waals surface area contributed by atoms with Crippen LogP contribution in [0.5, 0.6) is 0 Å². The van der Waals surface area contributed by atoms with Gasteiger partial charge in [0.25, 0.3) is 0 Å². The van der Waals surface area contributed by atoms with E-state index in [2.05, 4.69) is 31.9 Å². The van der Waals surface area contributed by atoms with Gasteiger partial charge in [0.1, 0.15) is 13.6 Å².